The van der Waals surface area contributed by atoms with Gasteiger partial charge in [0.2, 0.25) is 5.43 Å². The van der Waals surface area contributed by atoms with Crippen molar-refractivity contribution in [3.63, 3.8) is 0 Å². The zero-order valence-electron chi connectivity index (χ0n) is 11.3. The largest absolute Gasteiger partial charge is 0.465 e. The van der Waals surface area contributed by atoms with E-state index in [-0.39, 0.29) is 4.73 Å². The van der Waals surface area contributed by atoms with Crippen molar-refractivity contribution in [1.29, 1.82) is 0 Å². The molecular formula is C12H9F2NO6S. The molecule has 10 heteroatoms. The molecule has 118 valence electrons. The van der Waals surface area contributed by atoms with Crippen LogP contribution in [-0.4, -0.2) is 23.5 Å². The van der Waals surface area contributed by atoms with E-state index in [0.717, 1.165) is 19.9 Å². The molecule has 2 rings (SSSR count). The van der Waals surface area contributed by atoms with Crippen LogP contribution in [0.25, 0.3) is 10.9 Å². The molecule has 1 N–H and O–H groups in total. The Morgan fingerprint density at radius 2 is 1.91 bits per heavy atom. The molecule has 0 fully saturated rings. The molecule has 0 aliphatic carbocycles. The van der Waals surface area contributed by atoms with Crippen LogP contribution in [0.15, 0.2) is 16.9 Å². The summed E-state index contributed by atoms with van der Waals surface area (Å²) >= 11 is 0. The van der Waals surface area contributed by atoms with E-state index in [1.54, 1.807) is 0 Å². The van der Waals surface area contributed by atoms with Gasteiger partial charge in [0, 0.05) is 0 Å². The van der Waals surface area contributed by atoms with Crippen LogP contribution in [0.4, 0.5) is 8.78 Å². The molecule has 0 saturated carbocycles. The first kappa shape index (κ1) is 16.0. The predicted octanol–water partition coefficient (Wildman–Crippen LogP) is 1.02. The third-order valence-corrected chi connectivity index (χ3v) is 3.27. The number of hydrogen-bond donors (Lipinski definition) is 1. The molecule has 0 bridgehead atoms. The zero-order valence-corrected chi connectivity index (χ0v) is 12.1. The quantitative estimate of drug-likeness (QED) is 0.664. The van der Waals surface area contributed by atoms with E-state index in [1.807, 2.05) is 0 Å². The number of hydrogen-bond acceptors (Lipinski definition) is 5. The van der Waals surface area contributed by atoms with Crippen molar-refractivity contribution in [3.8, 4) is 0 Å². The zero-order chi connectivity index (χ0) is 16.8. The average molecular weight is 333 g/mol. The Morgan fingerprint density at radius 1 is 1.32 bits per heavy atom. The summed E-state index contributed by atoms with van der Waals surface area (Å²) < 4.78 is 62.2. The summed E-state index contributed by atoms with van der Waals surface area (Å²) in [4.78, 5) is 23.7. The lowest BCUT2D eigenvalue weighted by Gasteiger charge is -2.15. The van der Waals surface area contributed by atoms with E-state index in [9.17, 15) is 26.8 Å². The lowest BCUT2D eigenvalue weighted by Crippen LogP contribution is -2.29. The summed E-state index contributed by atoms with van der Waals surface area (Å²) in [6, 6.07) is 1.53. The Hall–Kier alpha value is -2.33. The third kappa shape index (κ3) is 2.57. The molecule has 7 nitrogen and oxygen atoms in total. The number of carbonyl (C=O) groups is 1. The van der Waals surface area contributed by atoms with Gasteiger partial charge in [0.1, 0.15) is 5.52 Å². The smallest absolute Gasteiger partial charge is 0.294 e. The van der Waals surface area contributed by atoms with Crippen LogP contribution in [0.3, 0.4) is 0 Å². The number of halogens is 2. The van der Waals surface area contributed by atoms with Gasteiger partial charge in [-0.2, -0.15) is 13.1 Å². The number of aromatic nitrogens is 1. The number of pyridine rings is 1. The molecule has 22 heavy (non-hydrogen) atoms. The van der Waals surface area contributed by atoms with Crippen LogP contribution in [0, 0.1) is 18.6 Å². The molecule has 0 spiro atoms. The van der Waals surface area contributed by atoms with Crippen LogP contribution in [0.5, 0.6) is 0 Å². The van der Waals surface area contributed by atoms with Gasteiger partial charge in [-0.15, -0.1) is 0 Å². The van der Waals surface area contributed by atoms with Gasteiger partial charge >= 0.3 is 10.4 Å². The van der Waals surface area contributed by atoms with Gasteiger partial charge in [-0.05, 0) is 26.0 Å². The minimum Gasteiger partial charge on any atom is -0.294 e. The number of nitrogens with zero attached hydrogens (tertiary/aromatic N) is 1. The molecule has 0 saturated heterocycles. The minimum absolute atomic E-state index is 0.196. The van der Waals surface area contributed by atoms with Crippen LogP contribution >= 0.6 is 0 Å². The second-order valence-corrected chi connectivity index (χ2v) is 5.40. The summed E-state index contributed by atoms with van der Waals surface area (Å²) in [6.07, 6.45) is 0. The Kier molecular flexibility index (Phi) is 3.75. The summed E-state index contributed by atoms with van der Waals surface area (Å²) in [5, 5.41) is -0.474. The summed E-state index contributed by atoms with van der Waals surface area (Å²) in [6.45, 7) is 2.13. The highest BCUT2D eigenvalue weighted by Gasteiger charge is 2.24. The molecule has 1 aromatic heterocycles. The van der Waals surface area contributed by atoms with E-state index in [2.05, 4.69) is 4.28 Å². The molecule has 0 amide bonds. The fourth-order valence-corrected chi connectivity index (χ4v) is 2.47. The molecule has 0 atom stereocenters. The van der Waals surface area contributed by atoms with Crippen molar-refractivity contribution in [3.05, 3.63) is 45.2 Å². The predicted molar refractivity (Wildman–Crippen MR) is 71.0 cm³/mol. The number of Topliss-reactive ketones (excluding diaryl/α,β-unsaturated/α-hetero) is 1. The molecule has 0 aliphatic rings. The van der Waals surface area contributed by atoms with Crippen LogP contribution in [-0.2, 0) is 10.4 Å². The Bertz CT molecular complexity index is 964. The van der Waals surface area contributed by atoms with Gasteiger partial charge in [-0.3, -0.25) is 18.4 Å². The number of ketones is 1. The monoisotopic (exact) mass is 333 g/mol. The highest BCUT2D eigenvalue weighted by Crippen LogP contribution is 2.21. The van der Waals surface area contributed by atoms with Crippen molar-refractivity contribution < 1.29 is 30.8 Å². The first-order chi connectivity index (χ1) is 10.0. The van der Waals surface area contributed by atoms with Gasteiger partial charge < -0.3 is 0 Å². The van der Waals surface area contributed by atoms with Crippen LogP contribution < -0.4 is 9.71 Å². The minimum atomic E-state index is -5.12. The molecule has 0 unspecified atom stereocenters. The molecule has 2 aromatic rings. The molecule has 0 aliphatic heterocycles. The lowest BCUT2D eigenvalue weighted by atomic mass is 10.1. The van der Waals surface area contributed by atoms with Crippen molar-refractivity contribution >= 4 is 27.1 Å². The number of fused-ring (bicyclic) bond motifs is 1. The fourth-order valence-electron chi connectivity index (χ4n) is 2.09. The van der Waals surface area contributed by atoms with E-state index < -0.39 is 55.4 Å². The van der Waals surface area contributed by atoms with Gasteiger partial charge in [0.05, 0.1) is 16.6 Å². The second-order valence-electron chi connectivity index (χ2n) is 4.40. The SMILES string of the molecule is CC(=O)c1c(C)n(OS(=O)(=O)O)c2c(F)c(F)ccc2c1=O. The number of rotatable bonds is 3. The molecule has 1 heterocycles. The van der Waals surface area contributed by atoms with Gasteiger partial charge in [-0.1, -0.05) is 0 Å². The lowest BCUT2D eigenvalue weighted by molar-refractivity contribution is 0.101. The van der Waals surface area contributed by atoms with Crippen molar-refractivity contribution in [1.82, 2.24) is 4.73 Å². The maximum atomic E-state index is 14.0. The van der Waals surface area contributed by atoms with Gasteiger partial charge in [-0.25, -0.2) is 8.78 Å². The molecule has 0 radical (unpaired) electrons. The molecule has 1 aromatic carbocycles. The number of benzene rings is 1. The maximum Gasteiger partial charge on any atom is 0.465 e. The van der Waals surface area contributed by atoms with E-state index >= 15 is 0 Å². The first-order valence-electron chi connectivity index (χ1n) is 5.76. The Labute approximate surface area is 122 Å². The number of carbonyl (C=O) groups excluding carboxylic acids is 1. The summed E-state index contributed by atoms with van der Waals surface area (Å²) in [5.74, 6) is -3.66. The van der Waals surface area contributed by atoms with E-state index in [4.69, 9.17) is 4.55 Å². The van der Waals surface area contributed by atoms with Gasteiger partial charge in [0.25, 0.3) is 0 Å². The van der Waals surface area contributed by atoms with Crippen LogP contribution in [0.2, 0.25) is 0 Å². The maximum absolute atomic E-state index is 14.0. The normalized spacial score (nSPS) is 11.7. The first-order valence-corrected chi connectivity index (χ1v) is 7.12. The van der Waals surface area contributed by atoms with Crippen LogP contribution in [0.1, 0.15) is 23.0 Å². The second kappa shape index (κ2) is 5.14. The summed E-state index contributed by atoms with van der Waals surface area (Å²) in [5.41, 5.74) is -2.62. The fraction of sp³-hybridized carbons (Fsp3) is 0.167. The van der Waals surface area contributed by atoms with Crippen molar-refractivity contribution in [2.45, 2.75) is 13.8 Å². The highest BCUT2D eigenvalue weighted by atomic mass is 32.3. The molecular weight excluding hydrogens is 324 g/mol. The van der Waals surface area contributed by atoms with Gasteiger partial charge in [0.15, 0.2) is 17.4 Å². The Morgan fingerprint density at radius 3 is 2.41 bits per heavy atom. The van der Waals surface area contributed by atoms with Crippen molar-refractivity contribution in [2.75, 3.05) is 0 Å². The summed E-state index contributed by atoms with van der Waals surface area (Å²) in [7, 11) is -5.12. The Balaban J connectivity index is 3.11. The standard InChI is InChI=1S/C12H9F2NO6S/c1-5-9(6(2)16)12(17)7-3-4-8(13)10(14)11(7)15(5)21-22(18,19)20/h3-4H,1-2H3,(H,18,19,20). The third-order valence-electron chi connectivity index (χ3n) is 2.93. The van der Waals surface area contributed by atoms with E-state index in [0.29, 0.717) is 6.07 Å². The highest BCUT2D eigenvalue weighted by molar-refractivity contribution is 7.81. The van der Waals surface area contributed by atoms with Crippen molar-refractivity contribution in [2.24, 2.45) is 0 Å². The average Bonchev–Trinajstić information content (AvgIpc) is 2.36. The van der Waals surface area contributed by atoms with E-state index in [1.165, 1.54) is 0 Å². The topological polar surface area (TPSA) is 103 Å².